The monoisotopic (exact) mass is 421 g/mol. The Kier molecular flexibility index (Phi) is 5.57. The normalized spacial score (nSPS) is 12.8. The highest BCUT2D eigenvalue weighted by Gasteiger charge is 2.26. The number of benzene rings is 3. The van der Waals surface area contributed by atoms with Crippen molar-refractivity contribution in [2.45, 2.75) is 23.1 Å². The first-order chi connectivity index (χ1) is 14.5. The van der Waals surface area contributed by atoms with Crippen molar-refractivity contribution in [2.75, 3.05) is 16.5 Å². The van der Waals surface area contributed by atoms with E-state index in [1.165, 1.54) is 36.0 Å². The van der Waals surface area contributed by atoms with Crippen LogP contribution in [0.25, 0.3) is 0 Å². The molecule has 0 saturated carbocycles. The molecule has 1 aliphatic heterocycles. The molecule has 4 rings (SSSR count). The molecule has 0 atom stereocenters. The van der Waals surface area contributed by atoms with Crippen LogP contribution in [0.2, 0.25) is 0 Å². The number of rotatable bonds is 4. The van der Waals surface area contributed by atoms with Gasteiger partial charge in [0.15, 0.2) is 0 Å². The Balaban J connectivity index is 1.64. The summed E-state index contributed by atoms with van der Waals surface area (Å²) >= 11 is 1.46. The first-order valence-electron chi connectivity index (χ1n) is 9.45. The fourth-order valence-electron chi connectivity index (χ4n) is 3.34. The van der Waals surface area contributed by atoms with Crippen molar-refractivity contribution in [1.82, 2.24) is 0 Å². The minimum absolute atomic E-state index is 0.141. The number of fused-ring (bicyclic) bond motifs is 2. The largest absolute Gasteiger partial charge is 0.752 e. The van der Waals surface area contributed by atoms with E-state index in [2.05, 4.69) is 0 Å². The predicted molar refractivity (Wildman–Crippen MR) is 115 cm³/mol. The van der Waals surface area contributed by atoms with Gasteiger partial charge in [0.2, 0.25) is 5.91 Å². The van der Waals surface area contributed by atoms with Crippen molar-refractivity contribution in [3.05, 3.63) is 88.9 Å². The smallest absolute Gasteiger partial charge is 0.259 e. The summed E-state index contributed by atoms with van der Waals surface area (Å²) in [7, 11) is 0. The van der Waals surface area contributed by atoms with E-state index < -0.39 is 11.7 Å². The molecular weight excluding hydrogens is 403 g/mol. The maximum atomic E-state index is 13.1. The quantitative estimate of drug-likeness (QED) is 0.554. The number of hydroxylamine groups is 1. The van der Waals surface area contributed by atoms with Gasteiger partial charge in [0.1, 0.15) is 5.82 Å². The summed E-state index contributed by atoms with van der Waals surface area (Å²) in [5.74, 6) is -1.22. The van der Waals surface area contributed by atoms with Crippen molar-refractivity contribution in [3.63, 3.8) is 0 Å². The molecule has 1 aliphatic rings. The van der Waals surface area contributed by atoms with Crippen molar-refractivity contribution in [2.24, 2.45) is 0 Å². The predicted octanol–water partition coefficient (Wildman–Crippen LogP) is 5.03. The van der Waals surface area contributed by atoms with Gasteiger partial charge in [0, 0.05) is 22.0 Å². The summed E-state index contributed by atoms with van der Waals surface area (Å²) in [4.78, 5) is 28.8. The number of hydrogen-bond acceptors (Lipinski definition) is 4. The first-order valence-corrected chi connectivity index (χ1v) is 10.3. The summed E-state index contributed by atoms with van der Waals surface area (Å²) in [6.07, 6.45) is -0.141. The summed E-state index contributed by atoms with van der Waals surface area (Å²) in [5.41, 5.74) is 1.90. The Morgan fingerprint density at radius 1 is 1.07 bits per heavy atom. The van der Waals surface area contributed by atoms with Crippen LogP contribution < -0.4 is 9.96 Å². The van der Waals surface area contributed by atoms with E-state index in [9.17, 15) is 19.2 Å². The maximum absolute atomic E-state index is 13.1. The molecule has 0 bridgehead atoms. The second-order valence-electron chi connectivity index (χ2n) is 6.79. The third kappa shape index (κ3) is 3.81. The van der Waals surface area contributed by atoms with Gasteiger partial charge in [-0.25, -0.2) is 4.39 Å². The van der Waals surface area contributed by atoms with Crippen molar-refractivity contribution >= 4 is 35.0 Å². The number of anilines is 2. The topological polar surface area (TPSA) is 63.7 Å². The van der Waals surface area contributed by atoms with Gasteiger partial charge in [-0.15, -0.1) is 0 Å². The van der Waals surface area contributed by atoms with Crippen LogP contribution in [-0.2, 0) is 11.2 Å². The molecule has 5 nitrogen and oxygen atoms in total. The third-order valence-electron chi connectivity index (χ3n) is 4.86. The van der Waals surface area contributed by atoms with Gasteiger partial charge < -0.3 is 15.2 Å². The van der Waals surface area contributed by atoms with Gasteiger partial charge in [0.05, 0.1) is 17.7 Å². The van der Waals surface area contributed by atoms with Gasteiger partial charge in [-0.3, -0.25) is 9.59 Å². The Morgan fingerprint density at radius 2 is 1.80 bits per heavy atom. The molecule has 0 aromatic heterocycles. The maximum Gasteiger partial charge on any atom is 0.259 e. The lowest BCUT2D eigenvalue weighted by Crippen LogP contribution is -2.31. The van der Waals surface area contributed by atoms with Gasteiger partial charge in [-0.1, -0.05) is 36.0 Å². The molecule has 1 heterocycles. The van der Waals surface area contributed by atoms with Gasteiger partial charge >= 0.3 is 0 Å². The molecule has 152 valence electrons. The average molecular weight is 421 g/mol. The fourth-order valence-corrected chi connectivity index (χ4v) is 4.40. The average Bonchev–Trinajstić information content (AvgIpc) is 2.88. The number of halogens is 1. The van der Waals surface area contributed by atoms with Crippen LogP contribution in [0.1, 0.15) is 22.8 Å². The van der Waals surface area contributed by atoms with Crippen LogP contribution >= 0.6 is 11.8 Å². The van der Waals surface area contributed by atoms with Gasteiger partial charge in [0.25, 0.3) is 5.91 Å². The molecule has 3 aromatic rings. The third-order valence-corrected chi connectivity index (χ3v) is 6.00. The lowest BCUT2D eigenvalue weighted by Gasteiger charge is -2.30. The summed E-state index contributed by atoms with van der Waals surface area (Å²) in [6, 6.07) is 17.7. The van der Waals surface area contributed by atoms with Crippen LogP contribution in [0.3, 0.4) is 0 Å². The molecule has 3 aromatic carbocycles. The van der Waals surface area contributed by atoms with E-state index in [1.54, 1.807) is 29.2 Å². The van der Waals surface area contributed by atoms with Crippen LogP contribution in [0.4, 0.5) is 15.8 Å². The highest BCUT2D eigenvalue weighted by molar-refractivity contribution is 7.99. The number of nitrogens with zero attached hydrogens (tertiary/aromatic N) is 2. The van der Waals surface area contributed by atoms with Crippen LogP contribution in [0.15, 0.2) is 76.5 Å². The standard InChI is InChI=1S/C23H18FN2O3S/c1-2-25-19-14-17(26(29)22(27)13-15-7-9-16(24)10-8-15)11-12-21(19)30-20-6-4-3-5-18(20)23(25)28/h3-12,14H,2,13H2,1H3/q-1. The van der Waals surface area contributed by atoms with Crippen LogP contribution in [0.5, 0.6) is 0 Å². The zero-order valence-corrected chi connectivity index (χ0v) is 17.0. The minimum Gasteiger partial charge on any atom is -0.752 e. The Morgan fingerprint density at radius 3 is 2.53 bits per heavy atom. The zero-order chi connectivity index (χ0) is 21.3. The molecule has 0 radical (unpaired) electrons. The molecule has 0 aliphatic carbocycles. The molecule has 2 amide bonds. The molecular formula is C23H18FN2O3S-. The Bertz CT molecular complexity index is 1120. The van der Waals surface area contributed by atoms with Crippen molar-refractivity contribution in [3.8, 4) is 0 Å². The summed E-state index contributed by atoms with van der Waals surface area (Å²) in [6.45, 7) is 2.29. The number of carbonyl (C=O) groups excluding carboxylic acids is 2. The van der Waals surface area contributed by atoms with E-state index in [0.717, 1.165) is 9.79 Å². The van der Waals surface area contributed by atoms with Crippen molar-refractivity contribution in [1.29, 1.82) is 0 Å². The molecule has 0 saturated heterocycles. The molecule has 7 heteroatoms. The van der Waals surface area contributed by atoms with Crippen molar-refractivity contribution < 1.29 is 14.0 Å². The highest BCUT2D eigenvalue weighted by atomic mass is 32.2. The second-order valence-corrected chi connectivity index (χ2v) is 7.87. The Hall–Kier alpha value is -3.16. The van der Waals surface area contributed by atoms with E-state index in [-0.39, 0.29) is 18.0 Å². The van der Waals surface area contributed by atoms with Gasteiger partial charge in [-0.05, 0) is 55.0 Å². The second kappa shape index (κ2) is 8.30. The highest BCUT2D eigenvalue weighted by Crippen LogP contribution is 2.42. The molecule has 30 heavy (non-hydrogen) atoms. The zero-order valence-electron chi connectivity index (χ0n) is 16.2. The van der Waals surface area contributed by atoms with Crippen LogP contribution in [-0.4, -0.2) is 18.4 Å². The molecule has 0 N–H and O–H groups in total. The lowest BCUT2D eigenvalue weighted by molar-refractivity contribution is -0.117. The van der Waals surface area contributed by atoms with Crippen LogP contribution in [0, 0.1) is 11.0 Å². The minimum atomic E-state index is -0.666. The molecule has 0 spiro atoms. The van der Waals surface area contributed by atoms with E-state index >= 15 is 0 Å². The van der Waals surface area contributed by atoms with E-state index in [0.29, 0.717) is 28.4 Å². The lowest BCUT2D eigenvalue weighted by atomic mass is 10.1. The first kappa shape index (κ1) is 20.1. The SMILES string of the molecule is CCN1C(=O)c2ccccc2Sc2ccc(N([O-])C(=O)Cc3ccc(F)cc3)cc21. The molecule has 0 fully saturated rings. The number of carbonyl (C=O) groups is 2. The van der Waals surface area contributed by atoms with E-state index in [1.807, 2.05) is 25.1 Å². The van der Waals surface area contributed by atoms with E-state index in [4.69, 9.17) is 0 Å². The fraction of sp³-hybridized carbons (Fsp3) is 0.130. The summed E-state index contributed by atoms with van der Waals surface area (Å²) < 4.78 is 13.1. The molecule has 0 unspecified atom stereocenters. The number of hydrogen-bond donors (Lipinski definition) is 0. The summed E-state index contributed by atoms with van der Waals surface area (Å²) in [5, 5.41) is 13.0. The Labute approximate surface area is 177 Å². The number of amides is 2. The van der Waals surface area contributed by atoms with Gasteiger partial charge in [-0.2, -0.15) is 0 Å².